The lowest BCUT2D eigenvalue weighted by Gasteiger charge is -2.09. The van der Waals surface area contributed by atoms with Gasteiger partial charge < -0.3 is 11.1 Å². The Morgan fingerprint density at radius 3 is 2.53 bits per heavy atom. The normalized spacial score (nSPS) is 10.3. The van der Waals surface area contributed by atoms with Crippen molar-refractivity contribution in [3.8, 4) is 0 Å². The van der Waals surface area contributed by atoms with Crippen LogP contribution in [0.25, 0.3) is 0 Å². The molecule has 1 aromatic heterocycles. The van der Waals surface area contributed by atoms with E-state index in [1.165, 1.54) is 0 Å². The number of nitrogens with two attached hydrogens (primary N) is 1. The van der Waals surface area contributed by atoms with Crippen LogP contribution in [0.1, 0.15) is 27.2 Å². The average Bonchev–Trinajstić information content (AvgIpc) is 2.30. The quantitative estimate of drug-likeness (QED) is 0.811. The van der Waals surface area contributed by atoms with E-state index in [9.17, 15) is 4.79 Å². The lowest BCUT2D eigenvalue weighted by atomic mass is 10.1. The molecule has 2 aromatic rings. The first-order chi connectivity index (χ1) is 8.95. The summed E-state index contributed by atoms with van der Waals surface area (Å²) >= 11 is 0. The van der Waals surface area contributed by atoms with Crippen LogP contribution in [-0.2, 0) is 0 Å². The van der Waals surface area contributed by atoms with Crippen molar-refractivity contribution in [2.75, 3.05) is 11.1 Å². The zero-order valence-corrected chi connectivity index (χ0v) is 11.3. The van der Waals surface area contributed by atoms with Gasteiger partial charge in [-0.3, -0.25) is 4.79 Å². The second-order valence-corrected chi connectivity index (χ2v) is 4.72. The van der Waals surface area contributed by atoms with Crippen LogP contribution in [0.3, 0.4) is 0 Å². The first-order valence-corrected chi connectivity index (χ1v) is 6.08. The third-order valence-corrected chi connectivity index (χ3v) is 2.79. The number of rotatable bonds is 2. The summed E-state index contributed by atoms with van der Waals surface area (Å²) < 4.78 is 0. The van der Waals surface area contributed by atoms with E-state index in [-0.39, 0.29) is 5.91 Å². The highest BCUT2D eigenvalue weighted by Crippen LogP contribution is 2.16. The van der Waals surface area contributed by atoms with E-state index in [4.69, 9.17) is 5.73 Å². The lowest BCUT2D eigenvalue weighted by Crippen LogP contribution is -2.15. The van der Waals surface area contributed by atoms with Gasteiger partial charge >= 0.3 is 0 Å². The van der Waals surface area contributed by atoms with E-state index in [1.807, 2.05) is 39.0 Å². The molecule has 1 amide bonds. The molecule has 0 fully saturated rings. The molecule has 1 heterocycles. The fourth-order valence-electron chi connectivity index (χ4n) is 1.96. The standard InChI is InChI=1S/C15H17N3O/c1-9-4-5-13(16)12(7-9)15(19)18-14-8-10(2)6-11(3)17-14/h4-8H,16H2,1-3H3,(H,17,18,19). The van der Waals surface area contributed by atoms with Gasteiger partial charge in [0.15, 0.2) is 0 Å². The summed E-state index contributed by atoms with van der Waals surface area (Å²) in [6, 6.07) is 9.17. The first-order valence-electron chi connectivity index (χ1n) is 6.08. The number of aryl methyl sites for hydroxylation is 3. The highest BCUT2D eigenvalue weighted by atomic mass is 16.1. The van der Waals surface area contributed by atoms with Gasteiger partial charge in [-0.2, -0.15) is 0 Å². The maximum atomic E-state index is 12.2. The largest absolute Gasteiger partial charge is 0.398 e. The summed E-state index contributed by atoms with van der Waals surface area (Å²) in [6.45, 7) is 5.78. The topological polar surface area (TPSA) is 68.0 Å². The van der Waals surface area contributed by atoms with Crippen LogP contribution >= 0.6 is 0 Å². The Balaban J connectivity index is 2.28. The summed E-state index contributed by atoms with van der Waals surface area (Å²) in [5.74, 6) is 0.308. The summed E-state index contributed by atoms with van der Waals surface area (Å²) in [6.07, 6.45) is 0. The molecule has 19 heavy (non-hydrogen) atoms. The van der Waals surface area contributed by atoms with Gasteiger partial charge in [0.1, 0.15) is 5.82 Å². The molecule has 0 saturated carbocycles. The van der Waals surface area contributed by atoms with Crippen LogP contribution in [-0.4, -0.2) is 10.9 Å². The molecule has 2 rings (SSSR count). The Morgan fingerprint density at radius 2 is 1.84 bits per heavy atom. The number of hydrogen-bond acceptors (Lipinski definition) is 3. The van der Waals surface area contributed by atoms with Gasteiger partial charge in [-0.25, -0.2) is 4.98 Å². The maximum Gasteiger partial charge on any atom is 0.258 e. The van der Waals surface area contributed by atoms with E-state index in [1.54, 1.807) is 12.1 Å². The summed E-state index contributed by atoms with van der Waals surface area (Å²) in [5.41, 5.74) is 9.68. The van der Waals surface area contributed by atoms with Crippen LogP contribution < -0.4 is 11.1 Å². The fraction of sp³-hybridized carbons (Fsp3) is 0.200. The highest BCUT2D eigenvalue weighted by Gasteiger charge is 2.11. The zero-order valence-electron chi connectivity index (χ0n) is 11.3. The molecule has 98 valence electrons. The minimum absolute atomic E-state index is 0.237. The summed E-state index contributed by atoms with van der Waals surface area (Å²) in [5, 5.41) is 2.78. The molecule has 4 heteroatoms. The van der Waals surface area contributed by atoms with E-state index < -0.39 is 0 Å². The van der Waals surface area contributed by atoms with Gasteiger partial charge in [-0.1, -0.05) is 11.6 Å². The van der Waals surface area contributed by atoms with Gasteiger partial charge in [0.2, 0.25) is 0 Å². The summed E-state index contributed by atoms with van der Waals surface area (Å²) in [4.78, 5) is 16.5. The molecule has 3 N–H and O–H groups in total. The molecule has 0 atom stereocenters. The number of carbonyl (C=O) groups excluding carboxylic acids is 1. The van der Waals surface area contributed by atoms with Gasteiger partial charge in [-0.15, -0.1) is 0 Å². The molecule has 0 aliphatic rings. The average molecular weight is 255 g/mol. The first kappa shape index (κ1) is 13.1. The molecule has 0 saturated heterocycles. The minimum Gasteiger partial charge on any atom is -0.398 e. The molecule has 1 aromatic carbocycles. The molecule has 0 spiro atoms. The number of hydrogen-bond donors (Lipinski definition) is 2. The Morgan fingerprint density at radius 1 is 1.11 bits per heavy atom. The molecule has 0 unspecified atom stereocenters. The fourth-order valence-corrected chi connectivity index (χ4v) is 1.96. The number of pyridine rings is 1. The van der Waals surface area contributed by atoms with Crippen LogP contribution in [0.5, 0.6) is 0 Å². The predicted molar refractivity (Wildman–Crippen MR) is 77.3 cm³/mol. The van der Waals surface area contributed by atoms with Gasteiger partial charge in [0.05, 0.1) is 5.56 Å². The number of benzene rings is 1. The van der Waals surface area contributed by atoms with Crippen molar-refractivity contribution < 1.29 is 4.79 Å². The maximum absolute atomic E-state index is 12.2. The van der Waals surface area contributed by atoms with Crippen LogP contribution in [0.4, 0.5) is 11.5 Å². The molecule has 4 nitrogen and oxygen atoms in total. The van der Waals surface area contributed by atoms with Crippen molar-refractivity contribution in [3.05, 3.63) is 52.7 Å². The van der Waals surface area contributed by atoms with E-state index in [0.717, 1.165) is 16.8 Å². The van der Waals surface area contributed by atoms with E-state index >= 15 is 0 Å². The van der Waals surface area contributed by atoms with Crippen molar-refractivity contribution in [1.82, 2.24) is 4.98 Å². The van der Waals surface area contributed by atoms with E-state index in [2.05, 4.69) is 10.3 Å². The van der Waals surface area contributed by atoms with Crippen molar-refractivity contribution in [2.45, 2.75) is 20.8 Å². The van der Waals surface area contributed by atoms with Crippen LogP contribution in [0.2, 0.25) is 0 Å². The Bertz CT molecular complexity index is 615. The van der Waals surface area contributed by atoms with Crippen molar-refractivity contribution in [2.24, 2.45) is 0 Å². The van der Waals surface area contributed by atoms with Gasteiger partial charge in [0.25, 0.3) is 5.91 Å². The van der Waals surface area contributed by atoms with Gasteiger partial charge in [-0.05, 0) is 50.6 Å². The third kappa shape index (κ3) is 3.10. The second kappa shape index (κ2) is 5.10. The van der Waals surface area contributed by atoms with Crippen molar-refractivity contribution in [1.29, 1.82) is 0 Å². The number of nitrogen functional groups attached to an aromatic ring is 1. The number of amides is 1. The Hall–Kier alpha value is -2.36. The zero-order chi connectivity index (χ0) is 14.0. The van der Waals surface area contributed by atoms with Crippen molar-refractivity contribution >= 4 is 17.4 Å². The predicted octanol–water partition coefficient (Wildman–Crippen LogP) is 2.84. The van der Waals surface area contributed by atoms with Gasteiger partial charge in [0, 0.05) is 11.4 Å². The van der Waals surface area contributed by atoms with Crippen LogP contribution in [0.15, 0.2) is 30.3 Å². The summed E-state index contributed by atoms with van der Waals surface area (Å²) in [7, 11) is 0. The molecular formula is C15H17N3O. The molecule has 0 bridgehead atoms. The van der Waals surface area contributed by atoms with Crippen LogP contribution in [0, 0.1) is 20.8 Å². The lowest BCUT2D eigenvalue weighted by molar-refractivity contribution is 0.102. The number of anilines is 2. The highest BCUT2D eigenvalue weighted by molar-refractivity contribution is 6.07. The molecule has 0 aliphatic heterocycles. The monoisotopic (exact) mass is 255 g/mol. The second-order valence-electron chi connectivity index (χ2n) is 4.72. The molecule has 0 aliphatic carbocycles. The smallest absolute Gasteiger partial charge is 0.258 e. The number of nitrogens with zero attached hydrogens (tertiary/aromatic N) is 1. The molecule has 0 radical (unpaired) electrons. The number of nitrogens with one attached hydrogen (secondary N) is 1. The van der Waals surface area contributed by atoms with E-state index in [0.29, 0.717) is 17.1 Å². The SMILES string of the molecule is Cc1cc(C)nc(NC(=O)c2cc(C)ccc2N)c1. The third-order valence-electron chi connectivity index (χ3n) is 2.79. The molecular weight excluding hydrogens is 238 g/mol. The number of carbonyl (C=O) groups is 1. The minimum atomic E-state index is -0.237. The Kier molecular flexibility index (Phi) is 3.51. The Labute approximate surface area is 112 Å². The van der Waals surface area contributed by atoms with Crippen molar-refractivity contribution in [3.63, 3.8) is 0 Å². The number of aromatic nitrogens is 1.